The second kappa shape index (κ2) is 7.32. The summed E-state index contributed by atoms with van der Waals surface area (Å²) in [6.45, 7) is 1.25. The van der Waals surface area contributed by atoms with E-state index in [-0.39, 0.29) is 0 Å². The van der Waals surface area contributed by atoms with Gasteiger partial charge in [-0.3, -0.25) is 0 Å². The Labute approximate surface area is 138 Å². The van der Waals surface area contributed by atoms with Gasteiger partial charge in [-0.25, -0.2) is 0 Å². The number of hydrogen-bond donors (Lipinski definition) is 0. The number of rotatable bonds is 6. The molecule has 0 aliphatic carbocycles. The zero-order valence-corrected chi connectivity index (χ0v) is 13.8. The Morgan fingerprint density at radius 2 is 1.36 bits per heavy atom. The maximum Gasteiger partial charge on any atom is 0.120 e. The fraction of sp³-hybridized carbons (Fsp3) is 0.158. The smallest absolute Gasteiger partial charge is 0.120 e. The van der Waals surface area contributed by atoms with Crippen molar-refractivity contribution in [2.75, 3.05) is 11.9 Å². The molecular formula is C19H17BrO2. The summed E-state index contributed by atoms with van der Waals surface area (Å²) in [5.74, 6) is 1.77. The van der Waals surface area contributed by atoms with Crippen molar-refractivity contribution < 1.29 is 9.47 Å². The van der Waals surface area contributed by atoms with Crippen molar-refractivity contribution in [3.63, 3.8) is 0 Å². The van der Waals surface area contributed by atoms with E-state index in [2.05, 4.69) is 52.3 Å². The van der Waals surface area contributed by atoms with Crippen LogP contribution in [-0.2, 0) is 6.61 Å². The maximum absolute atomic E-state index is 5.86. The second-order valence-electron chi connectivity index (χ2n) is 4.98. The minimum Gasteiger partial charge on any atom is -0.493 e. The standard InChI is InChI=1S/C19H17BrO2/c20-10-11-21-18-8-6-17-13-19(9-7-16(17)12-18)22-14-15-4-2-1-3-5-15/h1-9,12-13H,10-11,14H2. The molecule has 0 aliphatic rings. The molecule has 0 spiro atoms. The minimum absolute atomic E-state index is 0.582. The van der Waals surface area contributed by atoms with E-state index in [1.807, 2.05) is 30.3 Å². The van der Waals surface area contributed by atoms with Crippen LogP contribution in [0.1, 0.15) is 5.56 Å². The molecule has 3 heteroatoms. The maximum atomic E-state index is 5.86. The van der Waals surface area contributed by atoms with Gasteiger partial charge in [0.2, 0.25) is 0 Å². The number of ether oxygens (including phenoxy) is 2. The lowest BCUT2D eigenvalue weighted by molar-refractivity contribution is 0.306. The summed E-state index contributed by atoms with van der Waals surface area (Å²) < 4.78 is 11.5. The SMILES string of the molecule is BrCCOc1ccc2cc(OCc3ccccc3)ccc2c1. The molecular weight excluding hydrogens is 340 g/mol. The fourth-order valence-corrected chi connectivity index (χ4v) is 2.44. The average molecular weight is 357 g/mol. The van der Waals surface area contributed by atoms with Crippen LogP contribution in [0.4, 0.5) is 0 Å². The van der Waals surface area contributed by atoms with Crippen molar-refractivity contribution in [1.29, 1.82) is 0 Å². The van der Waals surface area contributed by atoms with Gasteiger partial charge in [0, 0.05) is 5.33 Å². The first-order chi connectivity index (χ1) is 10.8. The van der Waals surface area contributed by atoms with Crippen LogP contribution in [-0.4, -0.2) is 11.9 Å². The Balaban J connectivity index is 1.72. The van der Waals surface area contributed by atoms with Gasteiger partial charge >= 0.3 is 0 Å². The van der Waals surface area contributed by atoms with Crippen molar-refractivity contribution in [2.24, 2.45) is 0 Å². The molecule has 0 heterocycles. The largest absolute Gasteiger partial charge is 0.493 e. The van der Waals surface area contributed by atoms with E-state index < -0.39 is 0 Å². The van der Waals surface area contributed by atoms with Gasteiger partial charge in [-0.2, -0.15) is 0 Å². The summed E-state index contributed by atoms with van der Waals surface area (Å²) in [6, 6.07) is 22.4. The highest BCUT2D eigenvalue weighted by Gasteiger charge is 2.01. The molecule has 0 saturated heterocycles. The van der Waals surface area contributed by atoms with Crippen LogP contribution in [0.25, 0.3) is 10.8 Å². The molecule has 0 aromatic heterocycles. The molecule has 3 aromatic carbocycles. The average Bonchev–Trinajstić information content (AvgIpc) is 2.59. The lowest BCUT2D eigenvalue weighted by Crippen LogP contribution is -1.97. The van der Waals surface area contributed by atoms with E-state index in [0.29, 0.717) is 13.2 Å². The lowest BCUT2D eigenvalue weighted by atomic mass is 10.1. The summed E-state index contributed by atoms with van der Waals surface area (Å²) in [4.78, 5) is 0. The number of alkyl halides is 1. The van der Waals surface area contributed by atoms with E-state index in [1.54, 1.807) is 0 Å². The van der Waals surface area contributed by atoms with Crippen LogP contribution in [0.2, 0.25) is 0 Å². The first kappa shape index (κ1) is 14.9. The third-order valence-electron chi connectivity index (χ3n) is 3.38. The van der Waals surface area contributed by atoms with Crippen molar-refractivity contribution in [2.45, 2.75) is 6.61 Å². The van der Waals surface area contributed by atoms with Crippen LogP contribution in [0.3, 0.4) is 0 Å². The molecule has 2 nitrogen and oxygen atoms in total. The highest BCUT2D eigenvalue weighted by molar-refractivity contribution is 9.09. The summed E-state index contributed by atoms with van der Waals surface area (Å²) in [5, 5.41) is 3.13. The molecule has 0 bridgehead atoms. The number of benzene rings is 3. The van der Waals surface area contributed by atoms with Gasteiger partial charge in [0.15, 0.2) is 0 Å². The summed E-state index contributed by atoms with van der Waals surface area (Å²) >= 11 is 3.36. The van der Waals surface area contributed by atoms with Crippen molar-refractivity contribution in [3.05, 3.63) is 72.3 Å². The molecule has 0 N–H and O–H groups in total. The van der Waals surface area contributed by atoms with E-state index in [9.17, 15) is 0 Å². The molecule has 0 fully saturated rings. The zero-order valence-electron chi connectivity index (χ0n) is 12.2. The summed E-state index contributed by atoms with van der Waals surface area (Å²) in [6.07, 6.45) is 0. The van der Waals surface area contributed by atoms with Gasteiger partial charge in [0.25, 0.3) is 0 Å². The van der Waals surface area contributed by atoms with Crippen molar-refractivity contribution in [3.8, 4) is 11.5 Å². The Kier molecular flexibility index (Phi) is 4.96. The number of halogens is 1. The van der Waals surface area contributed by atoms with Gasteiger partial charge in [-0.15, -0.1) is 0 Å². The highest BCUT2D eigenvalue weighted by atomic mass is 79.9. The molecule has 112 valence electrons. The molecule has 22 heavy (non-hydrogen) atoms. The van der Waals surface area contributed by atoms with E-state index in [4.69, 9.17) is 9.47 Å². The Hall–Kier alpha value is -2.00. The first-order valence-corrected chi connectivity index (χ1v) is 8.36. The zero-order chi connectivity index (χ0) is 15.2. The normalized spacial score (nSPS) is 10.6. The van der Waals surface area contributed by atoms with Crippen molar-refractivity contribution >= 4 is 26.7 Å². The van der Waals surface area contributed by atoms with Crippen LogP contribution >= 0.6 is 15.9 Å². The van der Waals surface area contributed by atoms with Gasteiger partial charge in [-0.1, -0.05) is 58.4 Å². The molecule has 3 rings (SSSR count). The molecule has 0 unspecified atom stereocenters. The first-order valence-electron chi connectivity index (χ1n) is 7.24. The molecule has 3 aromatic rings. The van der Waals surface area contributed by atoms with Crippen molar-refractivity contribution in [1.82, 2.24) is 0 Å². The van der Waals surface area contributed by atoms with Gasteiger partial charge < -0.3 is 9.47 Å². The van der Waals surface area contributed by atoms with Crippen LogP contribution in [0.15, 0.2) is 66.7 Å². The second-order valence-corrected chi connectivity index (χ2v) is 5.78. The van der Waals surface area contributed by atoms with Crippen LogP contribution in [0.5, 0.6) is 11.5 Å². The lowest BCUT2D eigenvalue weighted by Gasteiger charge is -2.09. The minimum atomic E-state index is 0.582. The Bertz CT molecular complexity index is 741. The topological polar surface area (TPSA) is 18.5 Å². The summed E-state index contributed by atoms with van der Waals surface area (Å²) in [5.41, 5.74) is 1.17. The molecule has 0 saturated carbocycles. The Morgan fingerprint density at radius 1 is 0.727 bits per heavy atom. The number of fused-ring (bicyclic) bond motifs is 1. The van der Waals surface area contributed by atoms with E-state index in [1.165, 1.54) is 5.56 Å². The van der Waals surface area contributed by atoms with Crippen LogP contribution < -0.4 is 9.47 Å². The monoisotopic (exact) mass is 356 g/mol. The fourth-order valence-electron chi connectivity index (χ4n) is 2.28. The predicted octanol–water partition coefficient (Wildman–Crippen LogP) is 5.19. The van der Waals surface area contributed by atoms with Crippen LogP contribution in [0, 0.1) is 0 Å². The van der Waals surface area contributed by atoms with E-state index in [0.717, 1.165) is 27.6 Å². The molecule has 0 aliphatic heterocycles. The molecule has 0 atom stereocenters. The predicted molar refractivity (Wildman–Crippen MR) is 94.0 cm³/mol. The Morgan fingerprint density at radius 3 is 2.00 bits per heavy atom. The molecule has 0 radical (unpaired) electrons. The van der Waals surface area contributed by atoms with Gasteiger partial charge in [0.05, 0.1) is 6.61 Å². The summed E-state index contributed by atoms with van der Waals surface area (Å²) in [7, 11) is 0. The van der Waals surface area contributed by atoms with Gasteiger partial charge in [-0.05, 0) is 40.6 Å². The third kappa shape index (κ3) is 3.80. The van der Waals surface area contributed by atoms with E-state index >= 15 is 0 Å². The van der Waals surface area contributed by atoms with Gasteiger partial charge in [0.1, 0.15) is 18.1 Å². The third-order valence-corrected chi connectivity index (χ3v) is 3.70. The highest BCUT2D eigenvalue weighted by Crippen LogP contribution is 2.25. The molecule has 0 amide bonds. The number of hydrogen-bond acceptors (Lipinski definition) is 2. The quantitative estimate of drug-likeness (QED) is 0.565.